The van der Waals surface area contributed by atoms with E-state index in [0.717, 1.165) is 5.56 Å². The number of rotatable bonds is 9. The van der Waals surface area contributed by atoms with Gasteiger partial charge in [0.05, 0.1) is 23.8 Å². The van der Waals surface area contributed by atoms with E-state index >= 15 is 0 Å². The molecule has 0 aromatic heterocycles. The first-order chi connectivity index (χ1) is 15.6. The Morgan fingerprint density at radius 1 is 1.09 bits per heavy atom. The fourth-order valence-electron chi connectivity index (χ4n) is 2.91. The van der Waals surface area contributed by atoms with E-state index in [4.69, 9.17) is 14.2 Å². The predicted molar refractivity (Wildman–Crippen MR) is 129 cm³/mol. The Balaban J connectivity index is 1.99. The Morgan fingerprint density at radius 3 is 2.56 bits per heavy atom. The minimum atomic E-state index is -0.612. The molecule has 0 aliphatic carbocycles. The Bertz CT molecular complexity index is 1070. The number of nitrogens with zero attached hydrogens (tertiary/aromatic N) is 1. The summed E-state index contributed by atoms with van der Waals surface area (Å²) in [5.41, 5.74) is 1.51. The highest BCUT2D eigenvalue weighted by molar-refractivity contribution is 8.18. The van der Waals surface area contributed by atoms with Crippen LogP contribution in [0.1, 0.15) is 19.4 Å². The van der Waals surface area contributed by atoms with Crippen LogP contribution in [0.15, 0.2) is 82.4 Å². The van der Waals surface area contributed by atoms with E-state index in [1.54, 1.807) is 25.1 Å². The van der Waals surface area contributed by atoms with E-state index in [1.165, 1.54) is 11.8 Å². The number of carbonyl (C=O) groups excluding carboxylic acids is 1. The van der Waals surface area contributed by atoms with Crippen LogP contribution in [0, 0.1) is 0 Å². The van der Waals surface area contributed by atoms with Gasteiger partial charge in [0.1, 0.15) is 23.0 Å². The second-order valence-electron chi connectivity index (χ2n) is 6.55. The summed E-state index contributed by atoms with van der Waals surface area (Å²) in [6.45, 7) is 8.30. The normalized spacial score (nSPS) is 15.8. The van der Waals surface area contributed by atoms with Crippen molar-refractivity contribution in [3.8, 4) is 11.5 Å². The Labute approximate surface area is 191 Å². The number of aliphatic imine (C=N–C) groups is 1. The van der Waals surface area contributed by atoms with Gasteiger partial charge in [-0.05, 0) is 49.8 Å². The van der Waals surface area contributed by atoms with Crippen molar-refractivity contribution in [2.75, 3.05) is 19.8 Å². The quantitative estimate of drug-likeness (QED) is 0.381. The molecule has 2 aromatic carbocycles. The number of carbonyl (C=O) groups is 1. The third-order valence-electron chi connectivity index (χ3n) is 4.28. The molecule has 0 saturated heterocycles. The first kappa shape index (κ1) is 23.2. The molecule has 0 bridgehead atoms. The number of thioether (sulfide) groups is 1. The molecule has 7 heteroatoms. The van der Waals surface area contributed by atoms with Crippen LogP contribution < -0.4 is 9.47 Å². The molecule has 6 nitrogen and oxygen atoms in total. The topological polar surface area (TPSA) is 77.4 Å². The first-order valence-electron chi connectivity index (χ1n) is 10.2. The number of esters is 1. The lowest BCUT2D eigenvalue weighted by molar-refractivity contribution is -0.138. The van der Waals surface area contributed by atoms with Gasteiger partial charge in [0.25, 0.3) is 0 Å². The molecular weight excluding hydrogens is 426 g/mol. The molecule has 0 radical (unpaired) electrons. The number of hydrogen-bond acceptors (Lipinski definition) is 7. The van der Waals surface area contributed by atoms with Crippen molar-refractivity contribution in [1.82, 2.24) is 0 Å². The van der Waals surface area contributed by atoms with Crippen LogP contribution in [-0.4, -0.2) is 35.9 Å². The van der Waals surface area contributed by atoms with Gasteiger partial charge in [0, 0.05) is 0 Å². The third-order valence-corrected chi connectivity index (χ3v) is 5.30. The summed E-state index contributed by atoms with van der Waals surface area (Å²) in [6.07, 6.45) is 3.43. The minimum absolute atomic E-state index is 0.0583. The Kier molecular flexibility index (Phi) is 8.16. The van der Waals surface area contributed by atoms with Gasteiger partial charge < -0.3 is 19.3 Å². The summed E-state index contributed by atoms with van der Waals surface area (Å²) in [6, 6.07) is 14.7. The number of aliphatic hydroxyl groups excluding tert-OH is 1. The lowest BCUT2D eigenvalue weighted by Crippen LogP contribution is -2.12. The van der Waals surface area contributed by atoms with Gasteiger partial charge in [0.2, 0.25) is 0 Å². The van der Waals surface area contributed by atoms with Crippen LogP contribution in [0.5, 0.6) is 11.5 Å². The van der Waals surface area contributed by atoms with Crippen LogP contribution in [0.3, 0.4) is 0 Å². The van der Waals surface area contributed by atoms with Gasteiger partial charge in [0.15, 0.2) is 11.5 Å². The summed E-state index contributed by atoms with van der Waals surface area (Å²) in [4.78, 5) is 17.6. The van der Waals surface area contributed by atoms with Crippen molar-refractivity contribution in [3.63, 3.8) is 0 Å². The zero-order chi connectivity index (χ0) is 22.9. The van der Waals surface area contributed by atoms with E-state index in [-0.39, 0.29) is 17.9 Å². The van der Waals surface area contributed by atoms with Crippen LogP contribution in [0.2, 0.25) is 0 Å². The first-order valence-corrected chi connectivity index (χ1v) is 11.0. The van der Waals surface area contributed by atoms with Gasteiger partial charge in [-0.25, -0.2) is 9.79 Å². The predicted octanol–water partition coefficient (Wildman–Crippen LogP) is 5.84. The molecule has 1 aliphatic heterocycles. The zero-order valence-corrected chi connectivity index (χ0v) is 18.9. The maximum absolute atomic E-state index is 12.5. The van der Waals surface area contributed by atoms with Crippen molar-refractivity contribution >= 4 is 34.5 Å². The summed E-state index contributed by atoms with van der Waals surface area (Å²) in [5, 5.41) is 11.2. The average molecular weight is 452 g/mol. The highest BCUT2D eigenvalue weighted by Gasteiger charge is 2.33. The molecular formula is C25H25NO5S. The van der Waals surface area contributed by atoms with E-state index in [9.17, 15) is 9.90 Å². The largest absolute Gasteiger partial charge is 0.506 e. The van der Waals surface area contributed by atoms with Crippen molar-refractivity contribution in [2.24, 2.45) is 4.99 Å². The van der Waals surface area contributed by atoms with E-state index in [2.05, 4.69) is 11.6 Å². The van der Waals surface area contributed by atoms with Gasteiger partial charge in [-0.2, -0.15) is 0 Å². The fourth-order valence-corrected chi connectivity index (χ4v) is 3.95. The summed E-state index contributed by atoms with van der Waals surface area (Å²) >= 11 is 1.21. The highest BCUT2D eigenvalue weighted by atomic mass is 32.2. The molecule has 1 aliphatic rings. The van der Waals surface area contributed by atoms with Crippen LogP contribution in [0.4, 0.5) is 5.69 Å². The average Bonchev–Trinajstić information content (AvgIpc) is 3.09. The standard InChI is InChI=1S/C25H25NO5S/c1-4-14-31-19-13-12-17(15-20(19)29-5-2)16-21-23(27)22(25(28)30-6-3)24(32-21)26-18-10-8-7-9-11-18/h4,7-13,15-16,27H,1,5-6,14H2,2-3H3/b21-16-,26-24?. The monoisotopic (exact) mass is 451 g/mol. The summed E-state index contributed by atoms with van der Waals surface area (Å²) in [7, 11) is 0. The second-order valence-corrected chi connectivity index (χ2v) is 7.58. The number of para-hydroxylation sites is 1. The molecule has 166 valence electrons. The Hall–Kier alpha value is -3.45. The third kappa shape index (κ3) is 5.62. The van der Waals surface area contributed by atoms with Crippen LogP contribution >= 0.6 is 11.8 Å². The highest BCUT2D eigenvalue weighted by Crippen LogP contribution is 2.41. The van der Waals surface area contributed by atoms with Gasteiger partial charge in [-0.3, -0.25) is 0 Å². The molecule has 1 heterocycles. The van der Waals surface area contributed by atoms with Gasteiger partial charge >= 0.3 is 5.97 Å². The molecule has 0 atom stereocenters. The smallest absolute Gasteiger partial charge is 0.344 e. The van der Waals surface area contributed by atoms with E-state index in [0.29, 0.717) is 40.3 Å². The van der Waals surface area contributed by atoms with E-state index in [1.807, 2.05) is 49.4 Å². The van der Waals surface area contributed by atoms with Crippen molar-refractivity contribution in [2.45, 2.75) is 13.8 Å². The fraction of sp³-hybridized carbons (Fsp3) is 0.200. The maximum Gasteiger partial charge on any atom is 0.344 e. The number of ether oxygens (including phenoxy) is 3. The number of aliphatic hydroxyl groups is 1. The van der Waals surface area contributed by atoms with Crippen molar-refractivity contribution in [3.05, 3.63) is 83.0 Å². The van der Waals surface area contributed by atoms with Crippen molar-refractivity contribution < 1.29 is 24.1 Å². The minimum Gasteiger partial charge on any atom is -0.506 e. The molecule has 2 aromatic rings. The summed E-state index contributed by atoms with van der Waals surface area (Å²) in [5.74, 6) is 0.414. The maximum atomic E-state index is 12.5. The molecule has 0 spiro atoms. The van der Waals surface area contributed by atoms with Gasteiger partial charge in [-0.1, -0.05) is 48.7 Å². The molecule has 32 heavy (non-hydrogen) atoms. The molecule has 0 amide bonds. The molecule has 1 N–H and O–H groups in total. The van der Waals surface area contributed by atoms with Crippen LogP contribution in [-0.2, 0) is 9.53 Å². The lowest BCUT2D eigenvalue weighted by Gasteiger charge is -2.11. The molecule has 0 unspecified atom stereocenters. The lowest BCUT2D eigenvalue weighted by atomic mass is 10.1. The van der Waals surface area contributed by atoms with Gasteiger partial charge in [-0.15, -0.1) is 0 Å². The number of benzene rings is 2. The SMILES string of the molecule is C=CCOc1ccc(/C=C2\SC(=Nc3ccccc3)C(C(=O)OCC)=C2O)cc1OCC. The molecule has 0 saturated carbocycles. The van der Waals surface area contributed by atoms with Crippen molar-refractivity contribution in [1.29, 1.82) is 0 Å². The summed E-state index contributed by atoms with van der Waals surface area (Å²) < 4.78 is 16.5. The van der Waals surface area contributed by atoms with Crippen LogP contribution in [0.25, 0.3) is 6.08 Å². The Morgan fingerprint density at radius 2 is 1.88 bits per heavy atom. The molecule has 0 fully saturated rings. The van der Waals surface area contributed by atoms with E-state index < -0.39 is 5.97 Å². The number of hydrogen-bond donors (Lipinski definition) is 1. The second kappa shape index (κ2) is 11.2. The molecule has 3 rings (SSSR count). The zero-order valence-electron chi connectivity index (χ0n) is 18.0.